The summed E-state index contributed by atoms with van der Waals surface area (Å²) in [5.41, 5.74) is 1.19. The first kappa shape index (κ1) is 22.4. The van der Waals surface area contributed by atoms with Gasteiger partial charge in [0.05, 0.1) is 6.17 Å². The zero-order valence-corrected chi connectivity index (χ0v) is 17.5. The minimum absolute atomic E-state index is 0.218. The van der Waals surface area contributed by atoms with Crippen LogP contribution < -0.4 is 5.32 Å². The summed E-state index contributed by atoms with van der Waals surface area (Å²) in [5, 5.41) is 22.7. The number of nitrogens with one attached hydrogen (secondary N) is 1. The van der Waals surface area contributed by atoms with Gasteiger partial charge in [-0.2, -0.15) is 0 Å². The van der Waals surface area contributed by atoms with Crippen molar-refractivity contribution in [2.24, 2.45) is 11.8 Å². The number of nitrogens with zero attached hydrogens (tertiary/aromatic N) is 1. The molecule has 0 aliphatic carbocycles. The molecule has 0 aromatic heterocycles. The number of carbonyl (C=O) groups is 2. The lowest BCUT2D eigenvalue weighted by molar-refractivity contribution is -0.144. The highest BCUT2D eigenvalue weighted by molar-refractivity contribution is 5.75. The predicted molar refractivity (Wildman–Crippen MR) is 113 cm³/mol. The molecule has 32 heavy (non-hydrogen) atoms. The maximum absolute atomic E-state index is 14.1. The number of hydrogen-bond donors (Lipinski definition) is 3. The van der Waals surface area contributed by atoms with Crippen molar-refractivity contribution in [3.8, 4) is 0 Å². The van der Waals surface area contributed by atoms with Gasteiger partial charge in [0.15, 0.2) is 0 Å². The summed E-state index contributed by atoms with van der Waals surface area (Å²) < 4.78 is 27.7. The Morgan fingerprint density at radius 1 is 1.00 bits per heavy atom. The molecule has 0 amide bonds. The Bertz CT molecular complexity index is 1000. The van der Waals surface area contributed by atoms with Crippen LogP contribution in [0.2, 0.25) is 0 Å². The molecule has 3 N–H and O–H groups in total. The molecule has 2 aliphatic rings. The Labute approximate surface area is 184 Å². The quantitative estimate of drug-likeness (QED) is 0.609. The van der Waals surface area contributed by atoms with Crippen LogP contribution in [0.25, 0.3) is 0 Å². The molecule has 6 nitrogen and oxygen atoms in total. The van der Waals surface area contributed by atoms with E-state index in [2.05, 4.69) is 5.32 Å². The topological polar surface area (TPSA) is 89.9 Å². The van der Waals surface area contributed by atoms with Crippen molar-refractivity contribution in [3.63, 3.8) is 0 Å². The van der Waals surface area contributed by atoms with Gasteiger partial charge in [0.25, 0.3) is 0 Å². The van der Waals surface area contributed by atoms with Gasteiger partial charge in [-0.05, 0) is 66.8 Å². The molecule has 2 heterocycles. The summed E-state index contributed by atoms with van der Waals surface area (Å²) in [6.07, 6.45) is 1.26. The predicted octanol–water partition coefficient (Wildman–Crippen LogP) is 2.91. The average molecular weight is 444 g/mol. The normalized spacial score (nSPS) is 28.1. The first-order chi connectivity index (χ1) is 15.3. The maximum atomic E-state index is 14.1. The van der Waals surface area contributed by atoms with Gasteiger partial charge in [-0.3, -0.25) is 19.8 Å². The summed E-state index contributed by atoms with van der Waals surface area (Å²) in [7, 11) is 0. The first-order valence-corrected chi connectivity index (χ1v) is 10.8. The molecule has 3 unspecified atom stereocenters. The molecule has 0 saturated carbocycles. The number of benzene rings is 2. The monoisotopic (exact) mass is 444 g/mol. The van der Waals surface area contributed by atoms with Crippen LogP contribution in [-0.2, 0) is 22.4 Å². The highest BCUT2D eigenvalue weighted by Gasteiger charge is 2.48. The third kappa shape index (κ3) is 4.66. The molecule has 2 aliphatic heterocycles. The Balaban J connectivity index is 1.51. The molecule has 2 fully saturated rings. The fourth-order valence-corrected chi connectivity index (χ4v) is 5.24. The van der Waals surface area contributed by atoms with E-state index in [0.29, 0.717) is 31.4 Å². The summed E-state index contributed by atoms with van der Waals surface area (Å²) in [4.78, 5) is 25.8. The number of carboxylic acid groups (broad SMARTS) is 2. The SMILES string of the molecule is O=C(O)[C@H]1NC(N2CCC(Cc3cccc(F)c3)[C@H]2C(=O)O)CC1Cc1ccccc1F. The van der Waals surface area contributed by atoms with Gasteiger partial charge < -0.3 is 10.2 Å². The number of aliphatic carboxylic acids is 2. The molecule has 4 rings (SSSR count). The van der Waals surface area contributed by atoms with Gasteiger partial charge in [0.1, 0.15) is 23.7 Å². The standard InChI is InChI=1S/C24H26F2N2O4/c25-18-6-3-4-14(11-18)10-16-8-9-28(22(16)24(31)32)20-13-17(21(27-20)23(29)30)12-15-5-1-2-7-19(15)26/h1-7,11,16-17,20-22,27H,8-10,12-13H2,(H,29,30)(H,31,32)/t16?,17?,20?,21-,22-/m0/s1. The highest BCUT2D eigenvalue weighted by Crippen LogP contribution is 2.35. The molecular formula is C24H26F2N2O4. The van der Waals surface area contributed by atoms with Gasteiger partial charge in [0.2, 0.25) is 0 Å². The van der Waals surface area contributed by atoms with E-state index in [1.165, 1.54) is 18.2 Å². The number of halogens is 2. The Morgan fingerprint density at radius 2 is 1.78 bits per heavy atom. The van der Waals surface area contributed by atoms with Gasteiger partial charge in [0, 0.05) is 6.54 Å². The van der Waals surface area contributed by atoms with E-state index < -0.39 is 30.2 Å². The smallest absolute Gasteiger partial charge is 0.321 e. The average Bonchev–Trinajstić information content (AvgIpc) is 3.34. The number of carboxylic acids is 2. The molecule has 2 aromatic carbocycles. The van der Waals surface area contributed by atoms with Gasteiger partial charge in [-0.25, -0.2) is 8.78 Å². The van der Waals surface area contributed by atoms with Crippen LogP contribution in [0.1, 0.15) is 24.0 Å². The lowest BCUT2D eigenvalue weighted by atomic mass is 9.91. The zero-order chi connectivity index (χ0) is 22.8. The zero-order valence-electron chi connectivity index (χ0n) is 17.5. The van der Waals surface area contributed by atoms with Crippen molar-refractivity contribution in [1.29, 1.82) is 0 Å². The number of hydrogen-bond acceptors (Lipinski definition) is 4. The van der Waals surface area contributed by atoms with Crippen LogP contribution in [0, 0.1) is 23.5 Å². The summed E-state index contributed by atoms with van der Waals surface area (Å²) >= 11 is 0. The van der Waals surface area contributed by atoms with Crippen LogP contribution in [0.15, 0.2) is 48.5 Å². The fraction of sp³-hybridized carbons (Fsp3) is 0.417. The van der Waals surface area contributed by atoms with Crippen LogP contribution in [-0.4, -0.2) is 51.8 Å². The summed E-state index contributed by atoms with van der Waals surface area (Å²) in [6, 6.07) is 10.8. The van der Waals surface area contributed by atoms with Crippen molar-refractivity contribution in [1.82, 2.24) is 10.2 Å². The maximum Gasteiger partial charge on any atom is 0.321 e. The van der Waals surface area contributed by atoms with Gasteiger partial charge >= 0.3 is 11.9 Å². The Hall–Kier alpha value is -2.84. The van der Waals surface area contributed by atoms with E-state index in [1.807, 2.05) is 4.90 Å². The summed E-state index contributed by atoms with van der Waals surface area (Å²) in [5.74, 6) is -3.33. The van der Waals surface area contributed by atoms with Crippen LogP contribution in [0.5, 0.6) is 0 Å². The Kier molecular flexibility index (Phi) is 6.53. The summed E-state index contributed by atoms with van der Waals surface area (Å²) in [6.45, 7) is 0.493. The molecule has 0 spiro atoms. The second-order valence-corrected chi connectivity index (χ2v) is 8.69. The molecule has 5 atom stereocenters. The highest BCUT2D eigenvalue weighted by atomic mass is 19.1. The molecule has 0 bridgehead atoms. The van der Waals surface area contributed by atoms with Crippen LogP contribution in [0.3, 0.4) is 0 Å². The lowest BCUT2D eigenvalue weighted by Crippen LogP contribution is -2.51. The third-order valence-corrected chi connectivity index (χ3v) is 6.68. The molecule has 2 saturated heterocycles. The van der Waals surface area contributed by atoms with Crippen LogP contribution >= 0.6 is 0 Å². The third-order valence-electron chi connectivity index (χ3n) is 6.68. The van der Waals surface area contributed by atoms with E-state index in [0.717, 1.165) is 5.56 Å². The minimum atomic E-state index is -1.03. The lowest BCUT2D eigenvalue weighted by Gasteiger charge is -2.30. The van der Waals surface area contributed by atoms with E-state index in [4.69, 9.17) is 0 Å². The fourth-order valence-electron chi connectivity index (χ4n) is 5.24. The molecule has 170 valence electrons. The largest absolute Gasteiger partial charge is 0.480 e. The van der Waals surface area contributed by atoms with E-state index >= 15 is 0 Å². The Morgan fingerprint density at radius 3 is 2.47 bits per heavy atom. The van der Waals surface area contributed by atoms with Gasteiger partial charge in [-0.15, -0.1) is 0 Å². The van der Waals surface area contributed by atoms with Crippen molar-refractivity contribution >= 4 is 11.9 Å². The van der Waals surface area contributed by atoms with E-state index in [-0.39, 0.29) is 29.9 Å². The molecule has 0 radical (unpaired) electrons. The molecular weight excluding hydrogens is 418 g/mol. The molecule has 2 aromatic rings. The van der Waals surface area contributed by atoms with Crippen molar-refractivity contribution in [3.05, 3.63) is 71.3 Å². The second kappa shape index (κ2) is 9.34. The van der Waals surface area contributed by atoms with E-state index in [9.17, 15) is 28.6 Å². The first-order valence-electron chi connectivity index (χ1n) is 10.8. The van der Waals surface area contributed by atoms with Crippen molar-refractivity contribution in [2.45, 2.75) is 43.9 Å². The second-order valence-electron chi connectivity index (χ2n) is 8.69. The molecule has 8 heteroatoms. The number of likely N-dealkylation sites (tertiary alicyclic amines) is 1. The van der Waals surface area contributed by atoms with Gasteiger partial charge in [-0.1, -0.05) is 30.3 Å². The van der Waals surface area contributed by atoms with Crippen LogP contribution in [0.4, 0.5) is 8.78 Å². The van der Waals surface area contributed by atoms with E-state index in [1.54, 1.807) is 30.3 Å². The van der Waals surface area contributed by atoms with Crippen molar-refractivity contribution < 1.29 is 28.6 Å². The van der Waals surface area contributed by atoms with Crippen molar-refractivity contribution in [2.75, 3.05) is 6.54 Å². The minimum Gasteiger partial charge on any atom is -0.480 e. The number of rotatable bonds is 7.